The first-order chi connectivity index (χ1) is 12.2. The van der Waals surface area contributed by atoms with Gasteiger partial charge in [-0.1, -0.05) is 31.4 Å². The van der Waals surface area contributed by atoms with E-state index in [2.05, 4.69) is 0 Å². The molecule has 0 radical (unpaired) electrons. The SMILES string of the molecule is COC(=O)c1c(CSC2CCCCC2)ccc(-c2ccoc2)c1OC. The van der Waals surface area contributed by atoms with Gasteiger partial charge in [-0.15, -0.1) is 0 Å². The molecule has 0 atom stereocenters. The predicted octanol–water partition coefficient (Wildman–Crippen LogP) is 5.31. The number of hydrogen-bond donors (Lipinski definition) is 0. The molecule has 0 amide bonds. The number of methoxy groups -OCH3 is 2. The Morgan fingerprint density at radius 2 is 2.00 bits per heavy atom. The van der Waals surface area contributed by atoms with Crippen molar-refractivity contribution in [3.05, 3.63) is 41.9 Å². The van der Waals surface area contributed by atoms with Crippen molar-refractivity contribution in [1.29, 1.82) is 0 Å². The van der Waals surface area contributed by atoms with Gasteiger partial charge in [0.2, 0.25) is 0 Å². The molecule has 5 heteroatoms. The molecule has 1 heterocycles. The second-order valence-electron chi connectivity index (χ2n) is 6.26. The molecule has 0 spiro atoms. The molecule has 0 bridgehead atoms. The van der Waals surface area contributed by atoms with Crippen molar-refractivity contribution in [3.8, 4) is 16.9 Å². The van der Waals surface area contributed by atoms with Crippen molar-refractivity contribution in [2.45, 2.75) is 43.1 Å². The smallest absolute Gasteiger partial charge is 0.341 e. The van der Waals surface area contributed by atoms with Crippen LogP contribution in [0.1, 0.15) is 48.0 Å². The minimum absolute atomic E-state index is 0.360. The van der Waals surface area contributed by atoms with Gasteiger partial charge in [-0.2, -0.15) is 11.8 Å². The third-order valence-corrected chi connectivity index (χ3v) is 6.12. The normalized spacial score (nSPS) is 15.1. The fraction of sp³-hybridized carbons (Fsp3) is 0.450. The van der Waals surface area contributed by atoms with Crippen LogP contribution in [0.15, 0.2) is 35.1 Å². The van der Waals surface area contributed by atoms with E-state index in [1.54, 1.807) is 19.6 Å². The number of carbonyl (C=O) groups excluding carboxylic acids is 1. The molecule has 0 N–H and O–H groups in total. The second-order valence-corrected chi connectivity index (χ2v) is 7.54. The molecule has 0 saturated heterocycles. The van der Waals surface area contributed by atoms with Gasteiger partial charge in [0.05, 0.1) is 26.7 Å². The van der Waals surface area contributed by atoms with Gasteiger partial charge in [-0.25, -0.2) is 4.79 Å². The Bertz CT molecular complexity index is 703. The minimum atomic E-state index is -0.360. The molecular weight excluding hydrogens is 336 g/mol. The largest absolute Gasteiger partial charge is 0.495 e. The molecule has 1 aliphatic rings. The Labute approximate surface area is 152 Å². The van der Waals surface area contributed by atoms with Crippen LogP contribution in [0.25, 0.3) is 11.1 Å². The summed E-state index contributed by atoms with van der Waals surface area (Å²) in [5.74, 6) is 0.980. The van der Waals surface area contributed by atoms with Crippen molar-refractivity contribution in [3.63, 3.8) is 0 Å². The lowest BCUT2D eigenvalue weighted by molar-refractivity contribution is 0.0596. The van der Waals surface area contributed by atoms with Crippen molar-refractivity contribution < 1.29 is 18.7 Å². The van der Waals surface area contributed by atoms with Crippen molar-refractivity contribution in [2.24, 2.45) is 0 Å². The first-order valence-electron chi connectivity index (χ1n) is 8.67. The van der Waals surface area contributed by atoms with Gasteiger partial charge in [0, 0.05) is 22.1 Å². The summed E-state index contributed by atoms with van der Waals surface area (Å²) < 4.78 is 15.8. The highest BCUT2D eigenvalue weighted by Crippen LogP contribution is 2.38. The second kappa shape index (κ2) is 8.48. The van der Waals surface area contributed by atoms with E-state index < -0.39 is 0 Å². The summed E-state index contributed by atoms with van der Waals surface area (Å²) in [5, 5.41) is 0.679. The average molecular weight is 360 g/mol. The van der Waals surface area contributed by atoms with Crippen molar-refractivity contribution >= 4 is 17.7 Å². The van der Waals surface area contributed by atoms with Crippen LogP contribution in [-0.4, -0.2) is 25.4 Å². The summed E-state index contributed by atoms with van der Waals surface area (Å²) in [7, 11) is 2.99. The van der Waals surface area contributed by atoms with Gasteiger partial charge in [0.25, 0.3) is 0 Å². The van der Waals surface area contributed by atoms with Gasteiger partial charge in [0.1, 0.15) is 11.3 Å². The van der Waals surface area contributed by atoms with Crippen molar-refractivity contribution in [2.75, 3.05) is 14.2 Å². The molecule has 1 saturated carbocycles. The fourth-order valence-corrected chi connectivity index (χ4v) is 4.69. The van der Waals surface area contributed by atoms with Gasteiger partial charge in [-0.05, 0) is 24.5 Å². The lowest BCUT2D eigenvalue weighted by atomic mass is 9.99. The van der Waals surface area contributed by atoms with Crippen LogP contribution in [0.5, 0.6) is 5.75 Å². The number of furan rings is 1. The number of rotatable bonds is 6. The van der Waals surface area contributed by atoms with E-state index >= 15 is 0 Å². The highest BCUT2D eigenvalue weighted by molar-refractivity contribution is 7.99. The molecule has 0 unspecified atom stereocenters. The minimum Gasteiger partial charge on any atom is -0.495 e. The van der Waals surface area contributed by atoms with Gasteiger partial charge in [0.15, 0.2) is 0 Å². The molecule has 0 aliphatic heterocycles. The first kappa shape index (κ1) is 17.9. The summed E-state index contributed by atoms with van der Waals surface area (Å²) in [6.07, 6.45) is 9.76. The molecule has 3 rings (SSSR count). The third-order valence-electron chi connectivity index (χ3n) is 4.70. The van der Waals surface area contributed by atoms with Gasteiger partial charge >= 0.3 is 5.97 Å². The summed E-state index contributed by atoms with van der Waals surface area (Å²) in [5.41, 5.74) is 3.20. The zero-order valence-corrected chi connectivity index (χ0v) is 15.6. The predicted molar refractivity (Wildman–Crippen MR) is 100 cm³/mol. The Morgan fingerprint density at radius 1 is 1.20 bits per heavy atom. The lowest BCUT2D eigenvalue weighted by Gasteiger charge is -2.22. The molecule has 1 aliphatic carbocycles. The average Bonchev–Trinajstić information content (AvgIpc) is 3.20. The van der Waals surface area contributed by atoms with E-state index in [-0.39, 0.29) is 5.97 Å². The lowest BCUT2D eigenvalue weighted by Crippen LogP contribution is -2.11. The number of esters is 1. The van der Waals surface area contributed by atoms with E-state index in [0.717, 1.165) is 22.4 Å². The first-order valence-corrected chi connectivity index (χ1v) is 9.71. The maximum absolute atomic E-state index is 12.5. The molecule has 1 fully saturated rings. The number of benzene rings is 1. The highest BCUT2D eigenvalue weighted by atomic mass is 32.2. The Balaban J connectivity index is 1.92. The Kier molecular flexibility index (Phi) is 6.08. The third kappa shape index (κ3) is 4.03. The van der Waals surface area contributed by atoms with Crippen LogP contribution in [-0.2, 0) is 10.5 Å². The standard InChI is InChI=1S/C20H24O4S/c1-22-19-17(14-10-11-24-12-14)9-8-15(18(19)20(21)23-2)13-25-16-6-4-3-5-7-16/h8-12,16H,3-7,13H2,1-2H3. The van der Waals surface area contributed by atoms with E-state index in [9.17, 15) is 4.79 Å². The van der Waals surface area contributed by atoms with Gasteiger partial charge in [-0.3, -0.25) is 0 Å². The zero-order valence-electron chi connectivity index (χ0n) is 14.7. The van der Waals surface area contributed by atoms with Crippen LogP contribution in [0.3, 0.4) is 0 Å². The maximum Gasteiger partial charge on any atom is 0.341 e. The van der Waals surface area contributed by atoms with Crippen LogP contribution < -0.4 is 4.74 Å². The highest BCUT2D eigenvalue weighted by Gasteiger charge is 2.23. The Morgan fingerprint density at radius 3 is 2.64 bits per heavy atom. The molecule has 134 valence electrons. The summed E-state index contributed by atoms with van der Waals surface area (Å²) in [4.78, 5) is 12.5. The molecule has 1 aromatic carbocycles. The van der Waals surface area contributed by atoms with E-state index in [1.165, 1.54) is 39.2 Å². The molecular formula is C20H24O4S. The van der Waals surface area contributed by atoms with Crippen LogP contribution in [0.2, 0.25) is 0 Å². The van der Waals surface area contributed by atoms with Crippen molar-refractivity contribution in [1.82, 2.24) is 0 Å². The summed E-state index contributed by atoms with van der Waals surface area (Å²) in [6, 6.07) is 5.86. The van der Waals surface area contributed by atoms with Crippen LogP contribution in [0, 0.1) is 0 Å². The summed E-state index contributed by atoms with van der Waals surface area (Å²) >= 11 is 1.93. The number of ether oxygens (including phenoxy) is 2. The van der Waals surface area contributed by atoms with Crippen LogP contribution in [0.4, 0.5) is 0 Å². The topological polar surface area (TPSA) is 48.7 Å². The van der Waals surface area contributed by atoms with Gasteiger partial charge < -0.3 is 13.9 Å². The molecule has 2 aromatic rings. The monoisotopic (exact) mass is 360 g/mol. The summed E-state index contributed by atoms with van der Waals surface area (Å²) in [6.45, 7) is 0. The number of thioether (sulfide) groups is 1. The zero-order chi connectivity index (χ0) is 17.6. The van der Waals surface area contributed by atoms with E-state index in [0.29, 0.717) is 16.6 Å². The maximum atomic E-state index is 12.5. The molecule has 25 heavy (non-hydrogen) atoms. The quantitative estimate of drug-likeness (QED) is 0.654. The van der Waals surface area contributed by atoms with E-state index in [1.807, 2.05) is 30.0 Å². The molecule has 1 aromatic heterocycles. The number of hydrogen-bond acceptors (Lipinski definition) is 5. The number of carbonyl (C=O) groups is 1. The van der Waals surface area contributed by atoms with E-state index in [4.69, 9.17) is 13.9 Å². The Hall–Kier alpha value is -1.88. The van der Waals surface area contributed by atoms with Crippen LogP contribution >= 0.6 is 11.8 Å². The molecule has 4 nitrogen and oxygen atoms in total. The fourth-order valence-electron chi connectivity index (χ4n) is 3.37.